The van der Waals surface area contributed by atoms with Crippen LogP contribution < -0.4 is 9.64 Å². The summed E-state index contributed by atoms with van der Waals surface area (Å²) < 4.78 is 13.4. The summed E-state index contributed by atoms with van der Waals surface area (Å²) in [5, 5.41) is 4.65. The van der Waals surface area contributed by atoms with Crippen LogP contribution in [0.25, 0.3) is 43.8 Å². The molecule has 7 aromatic carbocycles. The lowest BCUT2D eigenvalue weighted by molar-refractivity contribution is 0.484. The molecule has 46 heavy (non-hydrogen) atoms. The first kappa shape index (κ1) is 26.6. The SMILES string of the molecule is CC1(C)c2ccccc2-c2c(Oc3cccc(N(c4ccccc4)c4cccc5c4oc4ccccc45)c3)cc3ccccc3c21. The highest BCUT2D eigenvalue weighted by Crippen LogP contribution is 2.55. The summed E-state index contributed by atoms with van der Waals surface area (Å²) in [4.78, 5) is 2.25. The van der Waals surface area contributed by atoms with E-state index in [-0.39, 0.29) is 5.41 Å². The Labute approximate surface area is 267 Å². The Morgan fingerprint density at radius 3 is 2.17 bits per heavy atom. The molecule has 1 aromatic heterocycles. The summed E-state index contributed by atoms with van der Waals surface area (Å²) in [6.45, 7) is 4.65. The van der Waals surface area contributed by atoms with E-state index in [0.29, 0.717) is 0 Å². The summed E-state index contributed by atoms with van der Waals surface area (Å²) in [6.07, 6.45) is 0. The first-order valence-electron chi connectivity index (χ1n) is 15.8. The van der Waals surface area contributed by atoms with Gasteiger partial charge in [-0.25, -0.2) is 0 Å². The van der Waals surface area contributed by atoms with Gasteiger partial charge in [0.1, 0.15) is 17.1 Å². The number of benzene rings is 7. The molecule has 0 N–H and O–H groups in total. The number of ether oxygens (including phenoxy) is 1. The molecule has 9 rings (SSSR count). The Balaban J connectivity index is 1.22. The van der Waals surface area contributed by atoms with Crippen LogP contribution in [0.3, 0.4) is 0 Å². The van der Waals surface area contributed by atoms with Gasteiger partial charge in [-0.05, 0) is 69.9 Å². The van der Waals surface area contributed by atoms with Crippen molar-refractivity contribution in [1.29, 1.82) is 0 Å². The van der Waals surface area contributed by atoms with Gasteiger partial charge in [-0.3, -0.25) is 0 Å². The van der Waals surface area contributed by atoms with Gasteiger partial charge >= 0.3 is 0 Å². The fourth-order valence-electron chi connectivity index (χ4n) is 7.43. The van der Waals surface area contributed by atoms with Gasteiger partial charge in [0, 0.05) is 39.2 Å². The lowest BCUT2D eigenvalue weighted by Gasteiger charge is -2.26. The van der Waals surface area contributed by atoms with Gasteiger partial charge in [0.15, 0.2) is 5.58 Å². The van der Waals surface area contributed by atoms with Crippen LogP contribution in [0.1, 0.15) is 25.0 Å². The predicted octanol–water partition coefficient (Wildman–Crippen LogP) is 12.3. The van der Waals surface area contributed by atoms with Crippen molar-refractivity contribution < 1.29 is 9.15 Å². The van der Waals surface area contributed by atoms with Crippen molar-refractivity contribution in [2.24, 2.45) is 0 Å². The Bertz CT molecular complexity index is 2440. The molecule has 220 valence electrons. The topological polar surface area (TPSA) is 25.6 Å². The Morgan fingerprint density at radius 1 is 0.587 bits per heavy atom. The summed E-state index contributed by atoms with van der Waals surface area (Å²) in [5.41, 5.74) is 9.63. The van der Waals surface area contributed by atoms with Crippen molar-refractivity contribution >= 4 is 49.8 Å². The zero-order chi connectivity index (χ0) is 30.8. The number of fused-ring (bicyclic) bond motifs is 8. The molecule has 8 aromatic rings. The first-order valence-corrected chi connectivity index (χ1v) is 15.8. The highest BCUT2D eigenvalue weighted by molar-refractivity contribution is 6.10. The molecule has 0 saturated heterocycles. The van der Waals surface area contributed by atoms with E-state index in [0.717, 1.165) is 50.5 Å². The largest absolute Gasteiger partial charge is 0.457 e. The van der Waals surface area contributed by atoms with Gasteiger partial charge < -0.3 is 14.1 Å². The maximum absolute atomic E-state index is 6.93. The van der Waals surface area contributed by atoms with E-state index in [2.05, 4.69) is 146 Å². The number of hydrogen-bond donors (Lipinski definition) is 0. The molecule has 0 bridgehead atoms. The third kappa shape index (κ3) is 3.98. The molecule has 0 amide bonds. The van der Waals surface area contributed by atoms with Crippen molar-refractivity contribution in [2.75, 3.05) is 4.90 Å². The number of furan rings is 1. The molecule has 1 heterocycles. The normalized spacial score (nSPS) is 13.2. The predicted molar refractivity (Wildman–Crippen MR) is 190 cm³/mol. The molecular weight excluding hydrogens is 562 g/mol. The van der Waals surface area contributed by atoms with Gasteiger partial charge in [0.2, 0.25) is 0 Å². The van der Waals surface area contributed by atoms with Crippen molar-refractivity contribution in [2.45, 2.75) is 19.3 Å². The van der Waals surface area contributed by atoms with Gasteiger partial charge in [-0.1, -0.05) is 117 Å². The zero-order valence-electron chi connectivity index (χ0n) is 25.7. The van der Waals surface area contributed by atoms with Crippen LogP contribution in [0.5, 0.6) is 11.5 Å². The van der Waals surface area contributed by atoms with Crippen molar-refractivity contribution in [3.63, 3.8) is 0 Å². The maximum Gasteiger partial charge on any atom is 0.159 e. The standard InChI is InChI=1S/C43H31NO2/c1-43(2)36-23-10-8-21-35(36)40-39(26-28-14-6-7-19-32(28)41(40)43)45-31-18-12-17-30(27-31)44(29-15-4-3-5-16-29)37-24-13-22-34-33-20-9-11-25-38(33)46-42(34)37/h3-27H,1-2H3. The fourth-order valence-corrected chi connectivity index (χ4v) is 7.43. The third-order valence-corrected chi connectivity index (χ3v) is 9.45. The minimum atomic E-state index is -0.151. The summed E-state index contributed by atoms with van der Waals surface area (Å²) in [6, 6.07) is 53.0. The molecule has 1 aliphatic rings. The van der Waals surface area contributed by atoms with Crippen LogP contribution in [-0.2, 0) is 5.41 Å². The van der Waals surface area contributed by atoms with Crippen LogP contribution in [0, 0.1) is 0 Å². The number of nitrogens with zero attached hydrogens (tertiary/aromatic N) is 1. The van der Waals surface area contributed by atoms with Gasteiger partial charge in [-0.2, -0.15) is 0 Å². The van der Waals surface area contributed by atoms with E-state index in [1.165, 1.54) is 33.0 Å². The van der Waals surface area contributed by atoms with Crippen LogP contribution in [0.15, 0.2) is 156 Å². The van der Waals surface area contributed by atoms with Crippen molar-refractivity contribution in [3.8, 4) is 22.6 Å². The van der Waals surface area contributed by atoms with E-state index in [1.54, 1.807) is 0 Å². The number of rotatable bonds is 5. The number of anilines is 3. The summed E-state index contributed by atoms with van der Waals surface area (Å²) >= 11 is 0. The molecule has 0 atom stereocenters. The average Bonchev–Trinajstić information content (AvgIpc) is 3.59. The van der Waals surface area contributed by atoms with Gasteiger partial charge in [-0.15, -0.1) is 0 Å². The number of para-hydroxylation sites is 3. The zero-order valence-corrected chi connectivity index (χ0v) is 25.7. The van der Waals surface area contributed by atoms with Crippen LogP contribution in [0.4, 0.5) is 17.1 Å². The van der Waals surface area contributed by atoms with Crippen molar-refractivity contribution in [3.05, 3.63) is 163 Å². The second-order valence-electron chi connectivity index (χ2n) is 12.5. The maximum atomic E-state index is 6.93. The average molecular weight is 594 g/mol. The van der Waals surface area contributed by atoms with Crippen molar-refractivity contribution in [1.82, 2.24) is 0 Å². The van der Waals surface area contributed by atoms with Crippen LogP contribution >= 0.6 is 0 Å². The molecule has 0 fully saturated rings. The lowest BCUT2D eigenvalue weighted by atomic mass is 9.80. The van der Waals surface area contributed by atoms with E-state index in [4.69, 9.17) is 9.15 Å². The molecule has 3 heteroatoms. The summed E-state index contributed by atoms with van der Waals surface area (Å²) in [7, 11) is 0. The number of hydrogen-bond acceptors (Lipinski definition) is 3. The van der Waals surface area contributed by atoms with E-state index >= 15 is 0 Å². The smallest absolute Gasteiger partial charge is 0.159 e. The second kappa shape index (κ2) is 10.1. The Morgan fingerprint density at radius 2 is 1.28 bits per heavy atom. The van der Waals surface area contributed by atoms with Gasteiger partial charge in [0.25, 0.3) is 0 Å². The third-order valence-electron chi connectivity index (χ3n) is 9.45. The second-order valence-corrected chi connectivity index (χ2v) is 12.5. The lowest BCUT2D eigenvalue weighted by Crippen LogP contribution is -2.15. The Kier molecular flexibility index (Phi) is 5.85. The molecule has 1 aliphatic carbocycles. The summed E-state index contributed by atoms with van der Waals surface area (Å²) in [5.74, 6) is 1.64. The molecule has 0 unspecified atom stereocenters. The highest BCUT2D eigenvalue weighted by Gasteiger charge is 2.39. The minimum absolute atomic E-state index is 0.151. The molecule has 0 aliphatic heterocycles. The minimum Gasteiger partial charge on any atom is -0.457 e. The molecule has 0 saturated carbocycles. The first-order chi connectivity index (χ1) is 22.6. The molecule has 3 nitrogen and oxygen atoms in total. The Hall–Kier alpha value is -5.80. The van der Waals surface area contributed by atoms with E-state index in [9.17, 15) is 0 Å². The quantitative estimate of drug-likeness (QED) is 0.198. The molecular formula is C43H31NO2. The van der Waals surface area contributed by atoms with Crippen LogP contribution in [0.2, 0.25) is 0 Å². The fraction of sp³-hybridized carbons (Fsp3) is 0.0698. The van der Waals surface area contributed by atoms with E-state index in [1.807, 2.05) is 24.3 Å². The van der Waals surface area contributed by atoms with Gasteiger partial charge in [0.05, 0.1) is 5.69 Å². The molecule has 0 radical (unpaired) electrons. The molecule has 0 spiro atoms. The van der Waals surface area contributed by atoms with Crippen LogP contribution in [-0.4, -0.2) is 0 Å². The monoisotopic (exact) mass is 593 g/mol. The van der Waals surface area contributed by atoms with E-state index < -0.39 is 0 Å². The highest BCUT2D eigenvalue weighted by atomic mass is 16.5.